The molecule has 2 amide bonds. The van der Waals surface area contributed by atoms with Gasteiger partial charge >= 0.3 is 6.03 Å². The van der Waals surface area contributed by atoms with Crippen LogP contribution in [0, 0.1) is 0 Å². The van der Waals surface area contributed by atoms with E-state index in [4.69, 9.17) is 16.7 Å². The van der Waals surface area contributed by atoms with E-state index in [1.807, 2.05) is 36.6 Å². The minimum Gasteiger partial charge on any atom is -0.395 e. The van der Waals surface area contributed by atoms with Crippen LogP contribution in [0.15, 0.2) is 29.6 Å². The number of aromatic nitrogens is 1. The molecule has 0 spiro atoms. The van der Waals surface area contributed by atoms with E-state index in [1.54, 1.807) is 4.90 Å². The Morgan fingerprint density at radius 3 is 2.77 bits per heavy atom. The first kappa shape index (κ1) is 16.7. The van der Waals surface area contributed by atoms with Crippen LogP contribution in [0.3, 0.4) is 0 Å². The number of hydrogen-bond donors (Lipinski definition) is 2. The fourth-order valence-electron chi connectivity index (χ4n) is 1.93. The van der Waals surface area contributed by atoms with E-state index in [9.17, 15) is 4.79 Å². The number of nitrogens with zero attached hydrogens (tertiary/aromatic N) is 2. The molecular formula is C15H18ClN3O2S. The van der Waals surface area contributed by atoms with Crippen molar-refractivity contribution in [1.29, 1.82) is 0 Å². The molecule has 1 heterocycles. The second-order valence-electron chi connectivity index (χ2n) is 4.60. The summed E-state index contributed by atoms with van der Waals surface area (Å²) in [6.07, 6.45) is 0. The van der Waals surface area contributed by atoms with Gasteiger partial charge in [-0.25, -0.2) is 9.78 Å². The van der Waals surface area contributed by atoms with Crippen LogP contribution < -0.4 is 5.32 Å². The molecule has 0 aliphatic rings. The predicted molar refractivity (Wildman–Crippen MR) is 89.1 cm³/mol. The van der Waals surface area contributed by atoms with Gasteiger partial charge in [-0.3, -0.25) is 0 Å². The molecule has 118 valence electrons. The van der Waals surface area contributed by atoms with E-state index in [2.05, 4.69) is 10.3 Å². The number of carbonyl (C=O) groups excluding carboxylic acids is 1. The van der Waals surface area contributed by atoms with Crippen LogP contribution in [0.5, 0.6) is 0 Å². The van der Waals surface area contributed by atoms with Crippen LogP contribution in [-0.4, -0.2) is 40.7 Å². The van der Waals surface area contributed by atoms with Gasteiger partial charge in [0, 0.05) is 29.1 Å². The molecule has 0 fully saturated rings. The largest absolute Gasteiger partial charge is 0.395 e. The summed E-state index contributed by atoms with van der Waals surface area (Å²) in [5, 5.41) is 15.2. The highest BCUT2D eigenvalue weighted by molar-refractivity contribution is 7.09. The Labute approximate surface area is 138 Å². The molecule has 0 atom stereocenters. The van der Waals surface area contributed by atoms with Gasteiger partial charge in [0.05, 0.1) is 18.8 Å². The Balaban J connectivity index is 1.95. The molecule has 0 bridgehead atoms. The van der Waals surface area contributed by atoms with Crippen molar-refractivity contribution in [1.82, 2.24) is 15.2 Å². The number of amides is 2. The first-order valence-corrected chi connectivity index (χ1v) is 8.23. The molecule has 2 rings (SSSR count). The second kappa shape index (κ2) is 8.12. The summed E-state index contributed by atoms with van der Waals surface area (Å²) in [6.45, 7) is 3.09. The minimum atomic E-state index is -0.195. The third kappa shape index (κ3) is 4.43. The van der Waals surface area contributed by atoms with E-state index < -0.39 is 0 Å². The Hall–Kier alpha value is -1.63. The quantitative estimate of drug-likeness (QED) is 0.850. The number of rotatable bonds is 6. The van der Waals surface area contributed by atoms with E-state index in [0.29, 0.717) is 24.7 Å². The Bertz CT molecular complexity index is 616. The van der Waals surface area contributed by atoms with Crippen LogP contribution in [0.25, 0.3) is 11.3 Å². The molecule has 0 radical (unpaired) electrons. The average molecular weight is 340 g/mol. The van der Waals surface area contributed by atoms with Gasteiger partial charge in [0.15, 0.2) is 0 Å². The number of aliphatic hydroxyl groups excluding tert-OH is 1. The number of aliphatic hydroxyl groups is 1. The fourth-order valence-corrected chi connectivity index (χ4v) is 2.80. The van der Waals surface area contributed by atoms with Crippen molar-refractivity contribution in [2.24, 2.45) is 0 Å². The number of nitrogens with one attached hydrogen (secondary N) is 1. The van der Waals surface area contributed by atoms with Crippen molar-refractivity contribution in [2.45, 2.75) is 13.5 Å². The maximum atomic E-state index is 11.9. The minimum absolute atomic E-state index is 0.0424. The summed E-state index contributed by atoms with van der Waals surface area (Å²) in [6, 6.07) is 7.29. The SMILES string of the molecule is CCN(CCO)C(=O)NCc1nc(-c2ccc(Cl)cc2)cs1. The fraction of sp³-hybridized carbons (Fsp3) is 0.333. The van der Waals surface area contributed by atoms with Gasteiger partial charge in [0.25, 0.3) is 0 Å². The van der Waals surface area contributed by atoms with Gasteiger partial charge in [0.2, 0.25) is 0 Å². The summed E-state index contributed by atoms with van der Waals surface area (Å²) in [7, 11) is 0. The first-order valence-electron chi connectivity index (χ1n) is 6.98. The molecule has 1 aromatic heterocycles. The van der Waals surface area contributed by atoms with Crippen LogP contribution in [0.4, 0.5) is 4.79 Å². The number of thiazole rings is 1. The Morgan fingerprint density at radius 1 is 1.41 bits per heavy atom. The van der Waals surface area contributed by atoms with Gasteiger partial charge in [-0.05, 0) is 19.1 Å². The van der Waals surface area contributed by atoms with Crippen molar-refractivity contribution in [2.75, 3.05) is 19.7 Å². The average Bonchev–Trinajstić information content (AvgIpc) is 3.00. The molecule has 2 N–H and O–H groups in total. The van der Waals surface area contributed by atoms with Crippen molar-refractivity contribution < 1.29 is 9.90 Å². The zero-order chi connectivity index (χ0) is 15.9. The number of carbonyl (C=O) groups is 1. The smallest absolute Gasteiger partial charge is 0.317 e. The number of benzene rings is 1. The second-order valence-corrected chi connectivity index (χ2v) is 5.97. The molecule has 0 aliphatic carbocycles. The van der Waals surface area contributed by atoms with Gasteiger partial charge in [-0.1, -0.05) is 23.7 Å². The van der Waals surface area contributed by atoms with Gasteiger partial charge < -0.3 is 15.3 Å². The standard InChI is InChI=1S/C15H18ClN3O2S/c1-2-19(7-8-20)15(21)17-9-14-18-13(10-22-14)11-3-5-12(16)6-4-11/h3-6,10,20H,2,7-9H2,1H3,(H,17,21). The lowest BCUT2D eigenvalue weighted by molar-refractivity contribution is 0.180. The third-order valence-electron chi connectivity index (χ3n) is 3.12. The van der Waals surface area contributed by atoms with E-state index >= 15 is 0 Å². The molecule has 5 nitrogen and oxygen atoms in total. The Morgan fingerprint density at radius 2 is 2.14 bits per heavy atom. The maximum Gasteiger partial charge on any atom is 0.317 e. The van der Waals surface area contributed by atoms with Crippen LogP contribution in [0.1, 0.15) is 11.9 Å². The number of urea groups is 1. The molecule has 0 unspecified atom stereocenters. The summed E-state index contributed by atoms with van der Waals surface area (Å²) < 4.78 is 0. The van der Waals surface area contributed by atoms with E-state index in [0.717, 1.165) is 16.3 Å². The third-order valence-corrected chi connectivity index (χ3v) is 4.22. The van der Waals surface area contributed by atoms with E-state index in [-0.39, 0.29) is 12.6 Å². The molecular weight excluding hydrogens is 322 g/mol. The lowest BCUT2D eigenvalue weighted by Crippen LogP contribution is -2.40. The molecule has 0 saturated carbocycles. The molecule has 1 aromatic carbocycles. The molecule has 0 aliphatic heterocycles. The topological polar surface area (TPSA) is 65.5 Å². The summed E-state index contributed by atoms with van der Waals surface area (Å²) in [5.74, 6) is 0. The molecule has 22 heavy (non-hydrogen) atoms. The van der Waals surface area contributed by atoms with Gasteiger partial charge in [0.1, 0.15) is 5.01 Å². The van der Waals surface area contributed by atoms with Crippen molar-refractivity contribution in [3.05, 3.63) is 39.7 Å². The number of likely N-dealkylation sites (N-methyl/N-ethyl adjacent to an activating group) is 1. The molecule has 2 aromatic rings. The van der Waals surface area contributed by atoms with E-state index in [1.165, 1.54) is 11.3 Å². The highest BCUT2D eigenvalue weighted by atomic mass is 35.5. The highest BCUT2D eigenvalue weighted by Gasteiger charge is 2.11. The Kier molecular flexibility index (Phi) is 6.18. The zero-order valence-corrected chi connectivity index (χ0v) is 13.8. The number of hydrogen-bond acceptors (Lipinski definition) is 4. The predicted octanol–water partition coefficient (Wildman–Crippen LogP) is 2.99. The summed E-state index contributed by atoms with van der Waals surface area (Å²) in [4.78, 5) is 18.0. The van der Waals surface area contributed by atoms with Crippen molar-refractivity contribution in [3.63, 3.8) is 0 Å². The molecule has 0 saturated heterocycles. The zero-order valence-electron chi connectivity index (χ0n) is 12.3. The lowest BCUT2D eigenvalue weighted by Gasteiger charge is -2.19. The highest BCUT2D eigenvalue weighted by Crippen LogP contribution is 2.23. The maximum absolute atomic E-state index is 11.9. The van der Waals surface area contributed by atoms with Crippen LogP contribution >= 0.6 is 22.9 Å². The van der Waals surface area contributed by atoms with Crippen molar-refractivity contribution in [3.8, 4) is 11.3 Å². The lowest BCUT2D eigenvalue weighted by atomic mass is 10.2. The van der Waals surface area contributed by atoms with Gasteiger partial charge in [-0.2, -0.15) is 0 Å². The summed E-state index contributed by atoms with van der Waals surface area (Å²) in [5.41, 5.74) is 1.86. The summed E-state index contributed by atoms with van der Waals surface area (Å²) >= 11 is 7.37. The first-order chi connectivity index (χ1) is 10.6. The normalized spacial score (nSPS) is 10.5. The van der Waals surface area contributed by atoms with Crippen molar-refractivity contribution >= 4 is 29.0 Å². The monoisotopic (exact) mass is 339 g/mol. The number of halogens is 1. The molecule has 7 heteroatoms. The van der Waals surface area contributed by atoms with Crippen LogP contribution in [0.2, 0.25) is 5.02 Å². The van der Waals surface area contributed by atoms with Crippen LogP contribution in [-0.2, 0) is 6.54 Å². The van der Waals surface area contributed by atoms with Gasteiger partial charge in [-0.15, -0.1) is 11.3 Å².